The molecule has 5 nitrogen and oxygen atoms in total. The van der Waals surface area contributed by atoms with Gasteiger partial charge in [-0.25, -0.2) is 10.4 Å². The lowest BCUT2D eigenvalue weighted by Gasteiger charge is -2.01. The molecular formula is C16H11ClN4O. The van der Waals surface area contributed by atoms with Gasteiger partial charge >= 0.3 is 0 Å². The first-order chi connectivity index (χ1) is 10.7. The van der Waals surface area contributed by atoms with Gasteiger partial charge in [-0.05, 0) is 29.8 Å². The van der Waals surface area contributed by atoms with Crippen LogP contribution in [0.5, 0.6) is 0 Å². The standard InChI is InChI=1S/C16H11ClN4O/c17-12-7-5-11(6-8-12)9-19-21-16(22)15-10-18-13-3-1-2-4-14(13)20-15/h1-10H,(H,21,22). The molecule has 1 N–H and O–H groups in total. The number of hydrogen-bond acceptors (Lipinski definition) is 4. The molecule has 0 spiro atoms. The van der Waals surface area contributed by atoms with E-state index in [1.807, 2.05) is 18.2 Å². The molecule has 0 aliphatic heterocycles. The smallest absolute Gasteiger partial charge is 0.265 e. The maximum Gasteiger partial charge on any atom is 0.291 e. The van der Waals surface area contributed by atoms with Gasteiger partial charge in [-0.2, -0.15) is 5.10 Å². The van der Waals surface area contributed by atoms with Crippen molar-refractivity contribution >= 4 is 34.8 Å². The Morgan fingerprint density at radius 3 is 2.59 bits per heavy atom. The van der Waals surface area contributed by atoms with Crippen LogP contribution in [0.2, 0.25) is 5.02 Å². The summed E-state index contributed by atoms with van der Waals surface area (Å²) in [6, 6.07) is 14.4. The van der Waals surface area contributed by atoms with Gasteiger partial charge in [-0.15, -0.1) is 0 Å². The van der Waals surface area contributed by atoms with Gasteiger partial charge in [-0.3, -0.25) is 9.78 Å². The number of hydrogen-bond donors (Lipinski definition) is 1. The Morgan fingerprint density at radius 1 is 1.09 bits per heavy atom. The Hall–Kier alpha value is -2.79. The fourth-order valence-electron chi connectivity index (χ4n) is 1.84. The summed E-state index contributed by atoms with van der Waals surface area (Å²) >= 11 is 5.79. The Labute approximate surface area is 131 Å². The van der Waals surface area contributed by atoms with Crippen molar-refractivity contribution in [1.82, 2.24) is 15.4 Å². The van der Waals surface area contributed by atoms with Gasteiger partial charge in [0, 0.05) is 5.02 Å². The number of fused-ring (bicyclic) bond motifs is 1. The van der Waals surface area contributed by atoms with E-state index >= 15 is 0 Å². The molecule has 6 heteroatoms. The number of carbonyl (C=O) groups is 1. The maximum atomic E-state index is 12.0. The molecule has 3 rings (SSSR count). The summed E-state index contributed by atoms with van der Waals surface area (Å²) in [5.74, 6) is -0.413. The third kappa shape index (κ3) is 3.27. The van der Waals surface area contributed by atoms with E-state index in [1.165, 1.54) is 12.4 Å². The first-order valence-corrected chi connectivity index (χ1v) is 6.91. The van der Waals surface area contributed by atoms with Gasteiger partial charge < -0.3 is 0 Å². The van der Waals surface area contributed by atoms with Crippen molar-refractivity contribution in [3.8, 4) is 0 Å². The first-order valence-electron chi connectivity index (χ1n) is 6.53. The second-order valence-electron chi connectivity index (χ2n) is 4.49. The fourth-order valence-corrected chi connectivity index (χ4v) is 1.96. The zero-order valence-corrected chi connectivity index (χ0v) is 12.2. The SMILES string of the molecule is O=C(NN=Cc1ccc(Cl)cc1)c1cnc2ccccc2n1. The monoisotopic (exact) mass is 310 g/mol. The van der Waals surface area contributed by atoms with Crippen LogP contribution >= 0.6 is 11.6 Å². The summed E-state index contributed by atoms with van der Waals surface area (Å²) in [6.07, 6.45) is 2.96. The molecule has 0 radical (unpaired) electrons. The Balaban J connectivity index is 1.71. The number of aromatic nitrogens is 2. The van der Waals surface area contributed by atoms with Crippen molar-refractivity contribution in [2.75, 3.05) is 0 Å². The molecule has 22 heavy (non-hydrogen) atoms. The third-order valence-electron chi connectivity index (χ3n) is 2.93. The number of para-hydroxylation sites is 2. The second-order valence-corrected chi connectivity index (χ2v) is 4.93. The van der Waals surface area contributed by atoms with Gasteiger partial charge in [0.05, 0.1) is 23.4 Å². The van der Waals surface area contributed by atoms with E-state index in [9.17, 15) is 4.79 Å². The summed E-state index contributed by atoms with van der Waals surface area (Å²) in [4.78, 5) is 20.4. The largest absolute Gasteiger partial charge is 0.291 e. The fraction of sp³-hybridized carbons (Fsp3) is 0. The van der Waals surface area contributed by atoms with Crippen LogP contribution < -0.4 is 5.43 Å². The number of hydrazone groups is 1. The molecule has 0 atom stereocenters. The highest BCUT2D eigenvalue weighted by Crippen LogP contribution is 2.09. The second kappa shape index (κ2) is 6.32. The quantitative estimate of drug-likeness (QED) is 0.597. The normalized spacial score (nSPS) is 11.0. The summed E-state index contributed by atoms with van der Waals surface area (Å²) < 4.78 is 0. The molecule has 3 aromatic rings. The molecule has 108 valence electrons. The minimum atomic E-state index is -0.413. The van der Waals surface area contributed by atoms with E-state index in [0.29, 0.717) is 10.5 Å². The van der Waals surface area contributed by atoms with Gasteiger partial charge in [-0.1, -0.05) is 35.9 Å². The van der Waals surface area contributed by atoms with E-state index in [4.69, 9.17) is 11.6 Å². The van der Waals surface area contributed by atoms with Crippen molar-refractivity contribution < 1.29 is 4.79 Å². The Kier molecular flexibility index (Phi) is 4.07. The molecular weight excluding hydrogens is 300 g/mol. The summed E-state index contributed by atoms with van der Waals surface area (Å²) in [5.41, 5.74) is 4.87. The molecule has 0 aliphatic rings. The van der Waals surface area contributed by atoms with Crippen LogP contribution in [0.25, 0.3) is 11.0 Å². The maximum absolute atomic E-state index is 12.0. The van der Waals surface area contributed by atoms with Gasteiger partial charge in [0.25, 0.3) is 5.91 Å². The van der Waals surface area contributed by atoms with Crippen LogP contribution in [-0.2, 0) is 0 Å². The number of carbonyl (C=O) groups excluding carboxylic acids is 1. The van der Waals surface area contributed by atoms with Crippen LogP contribution in [0.1, 0.15) is 16.1 Å². The number of halogens is 1. The first kappa shape index (κ1) is 14.2. The van der Waals surface area contributed by atoms with E-state index in [2.05, 4.69) is 20.5 Å². The average molecular weight is 311 g/mol. The number of amides is 1. The zero-order chi connectivity index (χ0) is 15.4. The lowest BCUT2D eigenvalue weighted by molar-refractivity contribution is 0.0950. The topological polar surface area (TPSA) is 67.2 Å². The molecule has 0 saturated carbocycles. The van der Waals surface area contributed by atoms with Crippen LogP contribution in [0, 0.1) is 0 Å². The lowest BCUT2D eigenvalue weighted by atomic mass is 10.2. The highest BCUT2D eigenvalue weighted by molar-refractivity contribution is 6.30. The van der Waals surface area contributed by atoms with Gasteiger partial charge in [0.2, 0.25) is 0 Å². The third-order valence-corrected chi connectivity index (χ3v) is 3.18. The van der Waals surface area contributed by atoms with Crippen molar-refractivity contribution in [1.29, 1.82) is 0 Å². The minimum absolute atomic E-state index is 0.215. The van der Waals surface area contributed by atoms with Crippen molar-refractivity contribution in [3.63, 3.8) is 0 Å². The molecule has 0 bridgehead atoms. The van der Waals surface area contributed by atoms with Gasteiger partial charge in [0.1, 0.15) is 5.69 Å². The predicted molar refractivity (Wildman–Crippen MR) is 86.1 cm³/mol. The molecule has 0 unspecified atom stereocenters. The zero-order valence-electron chi connectivity index (χ0n) is 11.4. The number of rotatable bonds is 3. The van der Waals surface area contributed by atoms with E-state index in [-0.39, 0.29) is 5.69 Å². The van der Waals surface area contributed by atoms with E-state index < -0.39 is 5.91 Å². The van der Waals surface area contributed by atoms with E-state index in [1.54, 1.807) is 30.3 Å². The highest BCUT2D eigenvalue weighted by atomic mass is 35.5. The van der Waals surface area contributed by atoms with E-state index in [0.717, 1.165) is 11.1 Å². The number of nitrogens with zero attached hydrogens (tertiary/aromatic N) is 3. The van der Waals surface area contributed by atoms with Crippen molar-refractivity contribution in [2.45, 2.75) is 0 Å². The molecule has 0 aliphatic carbocycles. The molecule has 0 saturated heterocycles. The highest BCUT2D eigenvalue weighted by Gasteiger charge is 2.07. The molecule has 2 aromatic carbocycles. The lowest BCUT2D eigenvalue weighted by Crippen LogP contribution is -2.19. The van der Waals surface area contributed by atoms with Gasteiger partial charge in [0.15, 0.2) is 0 Å². The molecule has 1 heterocycles. The summed E-state index contributed by atoms with van der Waals surface area (Å²) in [5, 5.41) is 4.54. The summed E-state index contributed by atoms with van der Waals surface area (Å²) in [7, 11) is 0. The predicted octanol–water partition coefficient (Wildman–Crippen LogP) is 3.05. The summed E-state index contributed by atoms with van der Waals surface area (Å²) in [6.45, 7) is 0. The Bertz CT molecular complexity index is 846. The molecule has 0 fully saturated rings. The molecule has 1 amide bonds. The number of nitrogens with one attached hydrogen (secondary N) is 1. The number of benzene rings is 2. The van der Waals surface area contributed by atoms with Crippen LogP contribution in [0.4, 0.5) is 0 Å². The van der Waals surface area contributed by atoms with Crippen molar-refractivity contribution in [2.24, 2.45) is 5.10 Å². The average Bonchev–Trinajstić information content (AvgIpc) is 2.56. The van der Waals surface area contributed by atoms with Crippen LogP contribution in [-0.4, -0.2) is 22.1 Å². The van der Waals surface area contributed by atoms with Crippen LogP contribution in [0.15, 0.2) is 59.8 Å². The van der Waals surface area contributed by atoms with Crippen molar-refractivity contribution in [3.05, 3.63) is 71.0 Å². The Morgan fingerprint density at radius 2 is 1.82 bits per heavy atom. The minimum Gasteiger partial charge on any atom is -0.265 e. The molecule has 1 aromatic heterocycles. The van der Waals surface area contributed by atoms with Crippen LogP contribution in [0.3, 0.4) is 0 Å².